The summed E-state index contributed by atoms with van der Waals surface area (Å²) in [7, 11) is -1.26. The van der Waals surface area contributed by atoms with E-state index in [-0.39, 0.29) is 10.6 Å². The first-order valence-corrected chi connectivity index (χ1v) is 7.44. The molecule has 2 nitrogen and oxygen atoms in total. The van der Waals surface area contributed by atoms with E-state index < -0.39 is 11.0 Å². The molecule has 2 rings (SSSR count). The lowest BCUT2D eigenvalue weighted by Gasteiger charge is -2.12. The SMILES string of the molecule is CC(C)(C)S(=O)N=Cc1cc2cc(F)ccc2s1. The number of benzene rings is 1. The van der Waals surface area contributed by atoms with Crippen molar-refractivity contribution in [3.05, 3.63) is 35.0 Å². The zero-order valence-corrected chi connectivity index (χ0v) is 12.1. The van der Waals surface area contributed by atoms with Crippen LogP contribution in [-0.2, 0) is 11.0 Å². The van der Waals surface area contributed by atoms with Crippen LogP contribution in [0.2, 0.25) is 0 Å². The van der Waals surface area contributed by atoms with Crippen molar-refractivity contribution in [1.29, 1.82) is 0 Å². The Morgan fingerprint density at radius 2 is 2.06 bits per heavy atom. The second-order valence-electron chi connectivity index (χ2n) is 4.93. The summed E-state index contributed by atoms with van der Waals surface area (Å²) < 4.78 is 29.5. The van der Waals surface area contributed by atoms with Gasteiger partial charge in [-0.2, -0.15) is 4.40 Å². The van der Waals surface area contributed by atoms with Gasteiger partial charge >= 0.3 is 0 Å². The van der Waals surface area contributed by atoms with Gasteiger partial charge in [-0.15, -0.1) is 11.3 Å². The zero-order valence-electron chi connectivity index (χ0n) is 10.4. The van der Waals surface area contributed by atoms with Crippen molar-refractivity contribution in [1.82, 2.24) is 0 Å². The largest absolute Gasteiger partial charge is 0.234 e. The monoisotopic (exact) mass is 283 g/mol. The van der Waals surface area contributed by atoms with E-state index in [1.54, 1.807) is 12.3 Å². The molecule has 18 heavy (non-hydrogen) atoms. The van der Waals surface area contributed by atoms with Gasteiger partial charge in [0.25, 0.3) is 0 Å². The highest BCUT2D eigenvalue weighted by Crippen LogP contribution is 2.25. The van der Waals surface area contributed by atoms with Gasteiger partial charge in [0.05, 0.1) is 11.0 Å². The van der Waals surface area contributed by atoms with Gasteiger partial charge in [-0.3, -0.25) is 0 Å². The molecule has 1 atom stereocenters. The van der Waals surface area contributed by atoms with Gasteiger partial charge in [-0.1, -0.05) is 0 Å². The zero-order chi connectivity index (χ0) is 13.3. The van der Waals surface area contributed by atoms with Crippen LogP contribution in [0.25, 0.3) is 10.1 Å². The summed E-state index contributed by atoms with van der Waals surface area (Å²) in [5.41, 5.74) is 0. The fourth-order valence-corrected chi connectivity index (χ4v) is 2.87. The van der Waals surface area contributed by atoms with Crippen LogP contribution in [-0.4, -0.2) is 15.2 Å². The van der Waals surface area contributed by atoms with Crippen molar-refractivity contribution in [2.75, 3.05) is 0 Å². The molecule has 1 aromatic carbocycles. The second kappa shape index (κ2) is 4.90. The fraction of sp³-hybridized carbons (Fsp3) is 0.308. The first-order valence-electron chi connectivity index (χ1n) is 5.51. The maximum Gasteiger partial charge on any atom is 0.144 e. The lowest BCUT2D eigenvalue weighted by Crippen LogP contribution is -2.19. The van der Waals surface area contributed by atoms with Crippen LogP contribution < -0.4 is 0 Å². The molecule has 0 aliphatic rings. The quantitative estimate of drug-likeness (QED) is 0.768. The average molecular weight is 283 g/mol. The third-order valence-electron chi connectivity index (χ3n) is 2.30. The average Bonchev–Trinajstić information content (AvgIpc) is 2.66. The maximum absolute atomic E-state index is 13.0. The third kappa shape index (κ3) is 3.03. The molecule has 0 radical (unpaired) electrons. The topological polar surface area (TPSA) is 29.4 Å². The first-order chi connectivity index (χ1) is 8.36. The predicted octanol–water partition coefficient (Wildman–Crippen LogP) is 3.92. The molecule has 0 bridgehead atoms. The molecule has 0 aliphatic carbocycles. The molecular formula is C13H14FNOS2. The summed E-state index contributed by atoms with van der Waals surface area (Å²) in [5.74, 6) is -0.248. The molecule has 0 N–H and O–H groups in total. The summed E-state index contributed by atoms with van der Waals surface area (Å²) in [6, 6.07) is 6.52. The van der Waals surface area contributed by atoms with E-state index in [9.17, 15) is 8.60 Å². The van der Waals surface area contributed by atoms with E-state index >= 15 is 0 Å². The lowest BCUT2D eigenvalue weighted by molar-refractivity contribution is 0.630. The number of thiophene rings is 1. The Morgan fingerprint density at radius 3 is 2.72 bits per heavy atom. The van der Waals surface area contributed by atoms with Gasteiger partial charge in [0.1, 0.15) is 16.8 Å². The number of halogens is 1. The summed E-state index contributed by atoms with van der Waals surface area (Å²) >= 11 is 1.51. The Morgan fingerprint density at radius 1 is 1.33 bits per heavy atom. The van der Waals surface area contributed by atoms with E-state index in [0.717, 1.165) is 15.0 Å². The normalized spacial score (nSPS) is 14.4. The van der Waals surface area contributed by atoms with E-state index in [4.69, 9.17) is 0 Å². The molecule has 0 amide bonds. The number of hydrogen-bond acceptors (Lipinski definition) is 2. The molecule has 0 aliphatic heterocycles. The molecule has 0 saturated carbocycles. The number of hydrogen-bond donors (Lipinski definition) is 0. The van der Waals surface area contributed by atoms with Crippen molar-refractivity contribution < 1.29 is 8.60 Å². The summed E-state index contributed by atoms with van der Waals surface area (Å²) in [4.78, 5) is 0.883. The fourth-order valence-electron chi connectivity index (χ4n) is 1.36. The third-order valence-corrected chi connectivity index (χ3v) is 4.69. The van der Waals surface area contributed by atoms with Crippen molar-refractivity contribution in [2.24, 2.45) is 4.40 Å². The van der Waals surface area contributed by atoms with Crippen molar-refractivity contribution in [2.45, 2.75) is 25.5 Å². The van der Waals surface area contributed by atoms with Crippen LogP contribution in [0.3, 0.4) is 0 Å². The Hall–Kier alpha value is -1.07. The minimum atomic E-state index is -1.26. The summed E-state index contributed by atoms with van der Waals surface area (Å²) in [6.07, 6.45) is 1.60. The van der Waals surface area contributed by atoms with E-state index in [1.165, 1.54) is 23.5 Å². The molecular weight excluding hydrogens is 269 g/mol. The Balaban J connectivity index is 2.27. The highest BCUT2D eigenvalue weighted by Gasteiger charge is 2.18. The standard InChI is InChI=1S/C13H14FNOS2/c1-13(2,3)18(16)15-8-11-7-9-6-10(14)4-5-12(9)17-11/h4-8H,1-3H3. The number of fused-ring (bicyclic) bond motifs is 1. The van der Waals surface area contributed by atoms with Gasteiger partial charge in [0.2, 0.25) is 0 Å². The highest BCUT2D eigenvalue weighted by atomic mass is 32.2. The predicted molar refractivity (Wildman–Crippen MR) is 77.3 cm³/mol. The second-order valence-corrected chi connectivity index (χ2v) is 7.98. The van der Waals surface area contributed by atoms with Crippen LogP contribution in [0.1, 0.15) is 25.6 Å². The molecule has 1 unspecified atom stereocenters. The van der Waals surface area contributed by atoms with Crippen LogP contribution in [0.4, 0.5) is 4.39 Å². The molecule has 0 saturated heterocycles. The summed E-state index contributed by atoms with van der Waals surface area (Å²) in [6.45, 7) is 5.63. The smallest absolute Gasteiger partial charge is 0.144 e. The van der Waals surface area contributed by atoms with Gasteiger partial charge in [0.15, 0.2) is 0 Å². The summed E-state index contributed by atoms with van der Waals surface area (Å²) in [5, 5.41) is 0.850. The molecule has 0 fully saturated rings. The van der Waals surface area contributed by atoms with E-state index in [1.807, 2.05) is 26.8 Å². The molecule has 1 heterocycles. The van der Waals surface area contributed by atoms with Crippen molar-refractivity contribution in [3.63, 3.8) is 0 Å². The van der Waals surface area contributed by atoms with E-state index in [0.29, 0.717) is 0 Å². The van der Waals surface area contributed by atoms with Crippen LogP contribution in [0, 0.1) is 5.82 Å². The molecule has 2 aromatic rings. The van der Waals surface area contributed by atoms with Gasteiger partial charge in [0, 0.05) is 9.58 Å². The maximum atomic E-state index is 13.0. The Kier molecular flexibility index (Phi) is 3.64. The minimum absolute atomic E-state index is 0.248. The van der Waals surface area contributed by atoms with Crippen molar-refractivity contribution >= 4 is 38.6 Å². The van der Waals surface area contributed by atoms with Crippen LogP contribution in [0.15, 0.2) is 28.7 Å². The minimum Gasteiger partial charge on any atom is -0.234 e. The molecule has 5 heteroatoms. The van der Waals surface area contributed by atoms with Gasteiger partial charge in [-0.25, -0.2) is 8.60 Å². The molecule has 96 valence electrons. The van der Waals surface area contributed by atoms with E-state index in [2.05, 4.69) is 4.40 Å². The number of nitrogens with zero attached hydrogens (tertiary/aromatic N) is 1. The molecule has 0 spiro atoms. The van der Waals surface area contributed by atoms with Crippen molar-refractivity contribution in [3.8, 4) is 0 Å². The number of rotatable bonds is 2. The van der Waals surface area contributed by atoms with Gasteiger partial charge < -0.3 is 0 Å². The molecule has 1 aromatic heterocycles. The Labute approximate surface area is 112 Å². The first kappa shape index (κ1) is 13.4. The van der Waals surface area contributed by atoms with Crippen LogP contribution in [0.5, 0.6) is 0 Å². The Bertz CT molecular complexity index is 625. The lowest BCUT2D eigenvalue weighted by atomic mass is 10.2. The van der Waals surface area contributed by atoms with Gasteiger partial charge in [-0.05, 0) is 50.4 Å². The van der Waals surface area contributed by atoms with Crippen LogP contribution >= 0.6 is 11.3 Å². The highest BCUT2D eigenvalue weighted by molar-refractivity contribution is 7.85.